The van der Waals surface area contributed by atoms with Crippen molar-refractivity contribution in [3.8, 4) is 0 Å². The van der Waals surface area contributed by atoms with E-state index in [1.807, 2.05) is 12.2 Å². The number of nitrogens with zero attached hydrogens (tertiary/aromatic N) is 3. The fourth-order valence-corrected chi connectivity index (χ4v) is 4.92. The second-order valence-electron chi connectivity index (χ2n) is 8.85. The van der Waals surface area contributed by atoms with E-state index < -0.39 is 0 Å². The Hall–Kier alpha value is -2.83. The number of hydrogen-bond acceptors (Lipinski definition) is 4. The van der Waals surface area contributed by atoms with Gasteiger partial charge in [0, 0.05) is 62.3 Å². The van der Waals surface area contributed by atoms with Crippen LogP contribution in [0, 0.1) is 5.92 Å². The van der Waals surface area contributed by atoms with Crippen molar-refractivity contribution in [2.75, 3.05) is 45.8 Å². The van der Waals surface area contributed by atoms with Gasteiger partial charge in [-0.1, -0.05) is 36.9 Å². The molecule has 4 rings (SSSR count). The van der Waals surface area contributed by atoms with Crippen LogP contribution in [0.2, 0.25) is 0 Å². The average molecular weight is 434 g/mol. The van der Waals surface area contributed by atoms with E-state index >= 15 is 0 Å². The molecule has 0 spiro atoms. The van der Waals surface area contributed by atoms with Gasteiger partial charge in [0.05, 0.1) is 0 Å². The number of piperazine rings is 1. The van der Waals surface area contributed by atoms with Crippen molar-refractivity contribution in [3.05, 3.63) is 72.6 Å². The number of hydrogen-bond donors (Lipinski definition) is 2. The van der Waals surface area contributed by atoms with Crippen molar-refractivity contribution >= 4 is 16.8 Å². The van der Waals surface area contributed by atoms with Crippen LogP contribution in [0.4, 0.5) is 0 Å². The molecule has 2 aliphatic rings. The number of amides is 1. The number of H-pyrrole nitrogens is 1. The first-order valence-corrected chi connectivity index (χ1v) is 11.7. The van der Waals surface area contributed by atoms with Gasteiger partial charge in [0.1, 0.15) is 0 Å². The molecule has 0 atom stereocenters. The number of aromatic nitrogens is 1. The molecule has 1 amide bonds. The Bertz CT molecular complexity index is 975. The largest absolute Gasteiger partial charge is 0.405 e. The van der Waals surface area contributed by atoms with Crippen LogP contribution in [0.25, 0.3) is 10.9 Å². The molecule has 0 aliphatic carbocycles. The van der Waals surface area contributed by atoms with Crippen LogP contribution in [0.15, 0.2) is 67.0 Å². The first kappa shape index (κ1) is 22.4. The van der Waals surface area contributed by atoms with Gasteiger partial charge in [-0.15, -0.1) is 0 Å². The summed E-state index contributed by atoms with van der Waals surface area (Å²) in [6.07, 6.45) is 11.3. The predicted molar refractivity (Wildman–Crippen MR) is 131 cm³/mol. The lowest BCUT2D eigenvalue weighted by Crippen LogP contribution is -2.51. The van der Waals surface area contributed by atoms with Gasteiger partial charge < -0.3 is 15.6 Å². The first-order valence-electron chi connectivity index (χ1n) is 11.7. The molecule has 2 fully saturated rings. The average Bonchev–Trinajstić information content (AvgIpc) is 3.23. The van der Waals surface area contributed by atoms with Gasteiger partial charge in [0.25, 0.3) is 0 Å². The van der Waals surface area contributed by atoms with Gasteiger partial charge in [0.15, 0.2) is 0 Å². The molecule has 32 heavy (non-hydrogen) atoms. The Balaban J connectivity index is 1.23. The molecule has 6 heteroatoms. The highest BCUT2D eigenvalue weighted by atomic mass is 16.2. The number of aromatic amines is 1. The van der Waals surface area contributed by atoms with Gasteiger partial charge in [0.2, 0.25) is 5.91 Å². The van der Waals surface area contributed by atoms with Gasteiger partial charge in [-0.3, -0.25) is 14.6 Å². The van der Waals surface area contributed by atoms with Crippen LogP contribution in [0.1, 0.15) is 18.4 Å². The smallest absolute Gasteiger partial charge is 0.225 e. The summed E-state index contributed by atoms with van der Waals surface area (Å²) in [4.78, 5) is 23.4. The third-order valence-electron chi connectivity index (χ3n) is 6.74. The number of nitrogens with two attached hydrogens (primary N) is 1. The lowest BCUT2D eigenvalue weighted by molar-refractivity contribution is -0.138. The van der Waals surface area contributed by atoms with Crippen LogP contribution >= 0.6 is 0 Å². The Kier molecular flexibility index (Phi) is 7.45. The van der Waals surface area contributed by atoms with Crippen molar-refractivity contribution in [1.82, 2.24) is 19.7 Å². The van der Waals surface area contributed by atoms with E-state index in [1.54, 1.807) is 12.3 Å². The molecule has 1 aromatic carbocycles. The maximum atomic E-state index is 13.1. The summed E-state index contributed by atoms with van der Waals surface area (Å²) in [5, 5.41) is 1.30. The summed E-state index contributed by atoms with van der Waals surface area (Å²) in [6, 6.07) is 8.45. The van der Waals surface area contributed by atoms with Gasteiger partial charge in [-0.05, 0) is 55.4 Å². The third-order valence-corrected chi connectivity index (χ3v) is 6.74. The molecule has 3 heterocycles. The molecule has 0 radical (unpaired) electrons. The molecule has 0 bridgehead atoms. The normalized spacial score (nSPS) is 19.8. The first-order chi connectivity index (χ1) is 15.7. The fourth-order valence-electron chi connectivity index (χ4n) is 4.92. The minimum atomic E-state index is 0.156. The van der Waals surface area contributed by atoms with Crippen LogP contribution in [-0.4, -0.2) is 71.4 Å². The molecular formula is C26H35N5O. The minimum absolute atomic E-state index is 0.156. The lowest BCUT2D eigenvalue weighted by atomic mass is 9.94. The molecule has 2 aliphatic heterocycles. The van der Waals surface area contributed by atoms with Crippen LogP contribution in [0.3, 0.4) is 0 Å². The minimum Gasteiger partial charge on any atom is -0.405 e. The third kappa shape index (κ3) is 5.31. The number of piperidine rings is 1. The molecule has 3 N–H and O–H groups in total. The number of rotatable bonds is 7. The highest BCUT2D eigenvalue weighted by Gasteiger charge is 2.30. The van der Waals surface area contributed by atoms with E-state index in [-0.39, 0.29) is 5.92 Å². The second kappa shape index (κ2) is 10.7. The topological polar surface area (TPSA) is 68.6 Å². The zero-order valence-corrected chi connectivity index (χ0v) is 18.9. The standard InChI is InChI=1S/C26H35N5O/c1-2-5-21(8-11-27)19-29-12-9-22(10-13-29)26(32)31-16-14-30(15-17-31)20-23-18-28-25-7-4-3-6-24(23)25/h2-8,11,18,22,28H,1,9-10,12-17,19-20,27H2/b11-8-,21-5+. The number of benzene rings is 1. The number of carbonyl (C=O) groups excluding carboxylic acids is 1. The highest BCUT2D eigenvalue weighted by Crippen LogP contribution is 2.23. The summed E-state index contributed by atoms with van der Waals surface area (Å²) < 4.78 is 0. The van der Waals surface area contributed by atoms with E-state index in [4.69, 9.17) is 5.73 Å². The molecule has 170 valence electrons. The molecule has 1 aromatic heterocycles. The number of carbonyl (C=O) groups is 1. The van der Waals surface area contributed by atoms with Gasteiger partial charge in [-0.25, -0.2) is 0 Å². The molecule has 0 unspecified atom stereocenters. The van der Waals surface area contributed by atoms with E-state index in [0.717, 1.165) is 70.8 Å². The summed E-state index contributed by atoms with van der Waals surface area (Å²) in [5.41, 5.74) is 9.23. The number of likely N-dealkylation sites (tertiary alicyclic amines) is 1. The highest BCUT2D eigenvalue weighted by molar-refractivity contribution is 5.83. The molecule has 6 nitrogen and oxygen atoms in total. The quantitative estimate of drug-likeness (QED) is 0.659. The molecule has 0 saturated carbocycles. The van der Waals surface area contributed by atoms with E-state index in [1.165, 1.54) is 16.5 Å². The molecular weight excluding hydrogens is 398 g/mol. The second-order valence-corrected chi connectivity index (χ2v) is 8.85. The van der Waals surface area contributed by atoms with Gasteiger partial charge >= 0.3 is 0 Å². The predicted octanol–water partition coefficient (Wildman–Crippen LogP) is 3.11. The Morgan fingerprint density at radius 3 is 2.56 bits per heavy atom. The fraction of sp³-hybridized carbons (Fsp3) is 0.423. The number of para-hydroxylation sites is 1. The summed E-state index contributed by atoms with van der Waals surface area (Å²) >= 11 is 0. The van der Waals surface area contributed by atoms with Crippen LogP contribution in [-0.2, 0) is 11.3 Å². The maximum Gasteiger partial charge on any atom is 0.225 e. The van der Waals surface area contributed by atoms with Crippen LogP contribution in [0.5, 0.6) is 0 Å². The zero-order chi connectivity index (χ0) is 22.3. The molecule has 2 aromatic rings. The number of fused-ring (bicyclic) bond motifs is 1. The zero-order valence-electron chi connectivity index (χ0n) is 18.9. The summed E-state index contributed by atoms with van der Waals surface area (Å²) in [6.45, 7) is 11.0. The summed E-state index contributed by atoms with van der Waals surface area (Å²) in [5.74, 6) is 0.503. The van der Waals surface area contributed by atoms with E-state index in [0.29, 0.717) is 5.91 Å². The van der Waals surface area contributed by atoms with Crippen LogP contribution < -0.4 is 5.73 Å². The van der Waals surface area contributed by atoms with Crippen molar-refractivity contribution in [3.63, 3.8) is 0 Å². The monoisotopic (exact) mass is 433 g/mol. The van der Waals surface area contributed by atoms with Crippen molar-refractivity contribution in [2.24, 2.45) is 11.7 Å². The Labute approximate surface area is 191 Å². The van der Waals surface area contributed by atoms with Crippen molar-refractivity contribution in [1.29, 1.82) is 0 Å². The Morgan fingerprint density at radius 1 is 1.09 bits per heavy atom. The Morgan fingerprint density at radius 2 is 1.84 bits per heavy atom. The molecule has 2 saturated heterocycles. The lowest BCUT2D eigenvalue weighted by Gasteiger charge is -2.38. The van der Waals surface area contributed by atoms with Gasteiger partial charge in [-0.2, -0.15) is 0 Å². The number of allylic oxidation sites excluding steroid dienone is 2. The van der Waals surface area contributed by atoms with E-state index in [9.17, 15) is 4.79 Å². The van der Waals surface area contributed by atoms with E-state index in [2.05, 4.69) is 56.7 Å². The SMILES string of the molecule is C=C/C=C(\C=C/N)CN1CCC(C(=O)N2CCN(Cc3c[nH]c4ccccc34)CC2)CC1. The maximum absolute atomic E-state index is 13.1. The summed E-state index contributed by atoms with van der Waals surface area (Å²) in [7, 11) is 0. The van der Waals surface area contributed by atoms with Crippen molar-refractivity contribution < 1.29 is 4.79 Å². The van der Waals surface area contributed by atoms with Crippen molar-refractivity contribution in [2.45, 2.75) is 19.4 Å². The number of nitrogens with one attached hydrogen (secondary N) is 1.